The molecule has 2 aliphatic rings. The third-order valence-electron chi connectivity index (χ3n) is 5.33. The molecule has 1 saturated heterocycles. The Bertz CT molecular complexity index is 467. The van der Waals surface area contributed by atoms with Crippen LogP contribution >= 0.6 is 0 Å². The molecule has 3 unspecified atom stereocenters. The maximum Gasteiger partial charge on any atom is 0.410 e. The largest absolute Gasteiger partial charge is 0.444 e. The molecular weight excluding hydrogens is 318 g/mol. The van der Waals surface area contributed by atoms with E-state index >= 15 is 0 Å². The summed E-state index contributed by atoms with van der Waals surface area (Å²) >= 11 is 0. The highest BCUT2D eigenvalue weighted by Gasteiger charge is 2.31. The number of piperazine rings is 1. The van der Waals surface area contributed by atoms with E-state index in [-0.39, 0.29) is 18.0 Å². The quantitative estimate of drug-likeness (QED) is 0.847. The molecular formula is C19H35N3O3. The van der Waals surface area contributed by atoms with Crippen LogP contribution in [0.1, 0.15) is 60.3 Å². The van der Waals surface area contributed by atoms with E-state index in [4.69, 9.17) is 4.74 Å². The van der Waals surface area contributed by atoms with Crippen LogP contribution in [-0.2, 0) is 9.53 Å². The first-order chi connectivity index (χ1) is 11.7. The van der Waals surface area contributed by atoms with Crippen LogP contribution in [0.25, 0.3) is 0 Å². The number of amides is 2. The van der Waals surface area contributed by atoms with Crippen molar-refractivity contribution in [1.29, 1.82) is 0 Å². The predicted octanol–water partition coefficient (Wildman–Crippen LogP) is 2.62. The Balaban J connectivity index is 1.79. The Hall–Kier alpha value is -1.30. The van der Waals surface area contributed by atoms with E-state index in [1.54, 1.807) is 4.90 Å². The van der Waals surface area contributed by atoms with Crippen LogP contribution < -0.4 is 5.32 Å². The van der Waals surface area contributed by atoms with E-state index in [9.17, 15) is 9.59 Å². The first kappa shape index (κ1) is 20.0. The molecule has 0 aromatic heterocycles. The van der Waals surface area contributed by atoms with Gasteiger partial charge < -0.3 is 15.0 Å². The van der Waals surface area contributed by atoms with Gasteiger partial charge in [-0.2, -0.15) is 0 Å². The summed E-state index contributed by atoms with van der Waals surface area (Å²) in [6, 6.07) is 0.154. The van der Waals surface area contributed by atoms with E-state index in [2.05, 4.69) is 17.1 Å². The molecule has 0 bridgehead atoms. The van der Waals surface area contributed by atoms with Crippen LogP contribution in [0.4, 0.5) is 4.79 Å². The summed E-state index contributed by atoms with van der Waals surface area (Å²) in [7, 11) is 0. The number of carbonyl (C=O) groups is 2. The van der Waals surface area contributed by atoms with Gasteiger partial charge in [0, 0.05) is 32.2 Å². The van der Waals surface area contributed by atoms with Gasteiger partial charge in [0.05, 0.1) is 6.04 Å². The van der Waals surface area contributed by atoms with Crippen molar-refractivity contribution in [3.63, 3.8) is 0 Å². The molecule has 25 heavy (non-hydrogen) atoms. The molecule has 1 heterocycles. The molecule has 6 nitrogen and oxygen atoms in total. The van der Waals surface area contributed by atoms with Crippen LogP contribution in [0.3, 0.4) is 0 Å². The van der Waals surface area contributed by atoms with E-state index in [1.165, 1.54) is 19.3 Å². The Morgan fingerprint density at radius 1 is 1.08 bits per heavy atom. The Morgan fingerprint density at radius 2 is 1.68 bits per heavy atom. The van der Waals surface area contributed by atoms with E-state index < -0.39 is 5.60 Å². The van der Waals surface area contributed by atoms with Gasteiger partial charge in [0.1, 0.15) is 5.60 Å². The monoisotopic (exact) mass is 353 g/mol. The van der Waals surface area contributed by atoms with Crippen molar-refractivity contribution < 1.29 is 14.3 Å². The van der Waals surface area contributed by atoms with Crippen molar-refractivity contribution in [1.82, 2.24) is 15.1 Å². The SMILES string of the molecule is CC1CCCCC1NC(=O)C(C)N1CCN(C(=O)OC(C)(C)C)CC1. The minimum Gasteiger partial charge on any atom is -0.444 e. The molecule has 3 atom stereocenters. The fraction of sp³-hybridized carbons (Fsp3) is 0.895. The highest BCUT2D eigenvalue weighted by atomic mass is 16.6. The van der Waals surface area contributed by atoms with Crippen LogP contribution in [0, 0.1) is 5.92 Å². The van der Waals surface area contributed by atoms with Crippen LogP contribution in [0.15, 0.2) is 0 Å². The summed E-state index contributed by atoms with van der Waals surface area (Å²) in [5.41, 5.74) is -0.474. The molecule has 0 aromatic carbocycles. The van der Waals surface area contributed by atoms with Gasteiger partial charge in [0.2, 0.25) is 5.91 Å². The van der Waals surface area contributed by atoms with Gasteiger partial charge in [-0.1, -0.05) is 19.8 Å². The standard InChI is InChI=1S/C19H35N3O3/c1-14-8-6-7-9-16(14)20-17(23)15(2)21-10-12-22(13-11-21)18(24)25-19(3,4)5/h14-16H,6-13H2,1-5H3,(H,20,23). The summed E-state index contributed by atoms with van der Waals surface area (Å²) in [5.74, 6) is 0.679. The van der Waals surface area contributed by atoms with Gasteiger partial charge in [-0.3, -0.25) is 9.69 Å². The molecule has 2 fully saturated rings. The summed E-state index contributed by atoms with van der Waals surface area (Å²) in [6.45, 7) is 12.4. The van der Waals surface area contributed by atoms with Crippen molar-refractivity contribution in [2.75, 3.05) is 26.2 Å². The minimum atomic E-state index is -0.474. The Labute approximate surface area is 152 Å². The smallest absolute Gasteiger partial charge is 0.410 e. The fourth-order valence-corrected chi connectivity index (χ4v) is 3.62. The van der Waals surface area contributed by atoms with Crippen LogP contribution in [0.2, 0.25) is 0 Å². The van der Waals surface area contributed by atoms with E-state index in [0.717, 1.165) is 6.42 Å². The number of hydrogen-bond donors (Lipinski definition) is 1. The van der Waals surface area contributed by atoms with Gasteiger partial charge in [-0.15, -0.1) is 0 Å². The second kappa shape index (κ2) is 8.39. The number of hydrogen-bond acceptors (Lipinski definition) is 4. The van der Waals surface area contributed by atoms with Gasteiger partial charge in [-0.05, 0) is 46.5 Å². The molecule has 1 saturated carbocycles. The Morgan fingerprint density at radius 3 is 2.24 bits per heavy atom. The predicted molar refractivity (Wildman–Crippen MR) is 98.4 cm³/mol. The number of nitrogens with one attached hydrogen (secondary N) is 1. The number of rotatable bonds is 3. The van der Waals surface area contributed by atoms with Gasteiger partial charge >= 0.3 is 6.09 Å². The normalized spacial score (nSPS) is 26.8. The molecule has 1 N–H and O–H groups in total. The molecule has 144 valence electrons. The molecule has 2 amide bonds. The number of nitrogens with zero attached hydrogens (tertiary/aromatic N) is 2. The molecule has 0 aromatic rings. The third-order valence-corrected chi connectivity index (χ3v) is 5.33. The first-order valence-electron chi connectivity index (χ1n) is 9.70. The molecule has 0 radical (unpaired) electrons. The minimum absolute atomic E-state index is 0.115. The molecule has 6 heteroatoms. The lowest BCUT2D eigenvalue weighted by atomic mass is 9.86. The lowest BCUT2D eigenvalue weighted by Gasteiger charge is -2.38. The lowest BCUT2D eigenvalue weighted by molar-refractivity contribution is -0.127. The van der Waals surface area contributed by atoms with Crippen molar-refractivity contribution in [2.24, 2.45) is 5.92 Å². The lowest BCUT2D eigenvalue weighted by Crippen LogP contribution is -2.56. The van der Waals surface area contributed by atoms with Gasteiger partial charge in [-0.25, -0.2) is 4.79 Å². The third kappa shape index (κ3) is 5.87. The highest BCUT2D eigenvalue weighted by molar-refractivity contribution is 5.81. The van der Waals surface area contributed by atoms with Crippen LogP contribution in [0.5, 0.6) is 0 Å². The second-order valence-electron chi connectivity index (χ2n) is 8.56. The van der Waals surface area contributed by atoms with Crippen LogP contribution in [-0.4, -0.2) is 65.7 Å². The summed E-state index contributed by atoms with van der Waals surface area (Å²) in [4.78, 5) is 28.6. The second-order valence-corrected chi connectivity index (χ2v) is 8.56. The average molecular weight is 354 g/mol. The fourth-order valence-electron chi connectivity index (χ4n) is 3.62. The maximum atomic E-state index is 12.6. The van der Waals surface area contributed by atoms with Crippen molar-refractivity contribution >= 4 is 12.0 Å². The summed E-state index contributed by atoms with van der Waals surface area (Å²) in [6.07, 6.45) is 4.51. The highest BCUT2D eigenvalue weighted by Crippen LogP contribution is 2.24. The number of carbonyl (C=O) groups excluding carboxylic acids is 2. The first-order valence-corrected chi connectivity index (χ1v) is 9.70. The molecule has 0 spiro atoms. The van der Waals surface area contributed by atoms with Crippen molar-refractivity contribution in [3.8, 4) is 0 Å². The van der Waals surface area contributed by atoms with Crippen molar-refractivity contribution in [2.45, 2.75) is 78.0 Å². The van der Waals surface area contributed by atoms with E-state index in [1.807, 2.05) is 27.7 Å². The van der Waals surface area contributed by atoms with E-state index in [0.29, 0.717) is 38.1 Å². The van der Waals surface area contributed by atoms with Gasteiger partial charge in [0.25, 0.3) is 0 Å². The average Bonchev–Trinajstić information content (AvgIpc) is 2.55. The zero-order valence-electron chi connectivity index (χ0n) is 16.5. The zero-order valence-corrected chi connectivity index (χ0v) is 16.5. The number of ether oxygens (including phenoxy) is 1. The molecule has 2 rings (SSSR count). The summed E-state index contributed by atoms with van der Waals surface area (Å²) < 4.78 is 5.42. The summed E-state index contributed by atoms with van der Waals surface area (Å²) in [5, 5.41) is 3.24. The topological polar surface area (TPSA) is 61.9 Å². The van der Waals surface area contributed by atoms with Crippen molar-refractivity contribution in [3.05, 3.63) is 0 Å². The molecule has 1 aliphatic carbocycles. The van der Waals surface area contributed by atoms with Gasteiger partial charge in [0.15, 0.2) is 0 Å². The zero-order chi connectivity index (χ0) is 18.6. The maximum absolute atomic E-state index is 12.6. The Kier molecular flexibility index (Phi) is 6.72. The molecule has 1 aliphatic heterocycles.